The van der Waals surface area contributed by atoms with Crippen LogP contribution >= 0.6 is 27.5 Å². The summed E-state index contributed by atoms with van der Waals surface area (Å²) in [5.41, 5.74) is 0.569. The lowest BCUT2D eigenvalue weighted by Crippen LogP contribution is -2.30. The SMILES string of the molecule is CNCCNC(=O)c1ccc(Br)c(Cl)c1. The van der Waals surface area contributed by atoms with Crippen molar-refractivity contribution in [1.29, 1.82) is 0 Å². The van der Waals surface area contributed by atoms with Gasteiger partial charge in [0.25, 0.3) is 5.91 Å². The standard InChI is InChI=1S/C10H12BrClN2O/c1-13-4-5-14-10(15)7-2-3-8(11)9(12)6-7/h2-3,6,13H,4-5H2,1H3,(H,14,15). The molecule has 2 N–H and O–H groups in total. The van der Waals surface area contributed by atoms with E-state index in [1.54, 1.807) is 18.2 Å². The summed E-state index contributed by atoms with van der Waals surface area (Å²) in [6.07, 6.45) is 0. The molecular weight excluding hydrogens is 279 g/mol. The smallest absolute Gasteiger partial charge is 0.251 e. The molecule has 0 aliphatic carbocycles. The Labute approximate surface area is 102 Å². The molecule has 0 unspecified atom stereocenters. The van der Waals surface area contributed by atoms with E-state index in [4.69, 9.17) is 11.6 Å². The van der Waals surface area contributed by atoms with Gasteiger partial charge < -0.3 is 10.6 Å². The van der Waals surface area contributed by atoms with Gasteiger partial charge in [0.1, 0.15) is 0 Å². The lowest BCUT2D eigenvalue weighted by atomic mass is 10.2. The fraction of sp³-hybridized carbons (Fsp3) is 0.300. The monoisotopic (exact) mass is 290 g/mol. The zero-order valence-corrected chi connectivity index (χ0v) is 10.7. The highest BCUT2D eigenvalue weighted by Gasteiger charge is 2.06. The molecule has 0 aliphatic heterocycles. The number of rotatable bonds is 4. The quantitative estimate of drug-likeness (QED) is 0.834. The van der Waals surface area contributed by atoms with E-state index in [9.17, 15) is 4.79 Å². The van der Waals surface area contributed by atoms with Crippen molar-refractivity contribution in [2.45, 2.75) is 0 Å². The molecule has 82 valence electrons. The minimum atomic E-state index is -0.111. The third-order valence-electron chi connectivity index (χ3n) is 1.84. The van der Waals surface area contributed by atoms with Gasteiger partial charge in [-0.25, -0.2) is 0 Å². The molecule has 0 spiro atoms. The van der Waals surface area contributed by atoms with Crippen LogP contribution in [-0.4, -0.2) is 26.0 Å². The van der Waals surface area contributed by atoms with E-state index in [0.717, 1.165) is 11.0 Å². The normalized spacial score (nSPS) is 10.1. The average Bonchev–Trinajstić information content (AvgIpc) is 2.22. The number of halogens is 2. The number of hydrogen-bond donors (Lipinski definition) is 2. The van der Waals surface area contributed by atoms with Crippen molar-refractivity contribution in [2.75, 3.05) is 20.1 Å². The van der Waals surface area contributed by atoms with Gasteiger partial charge in [-0.3, -0.25) is 4.79 Å². The first-order valence-corrected chi connectivity index (χ1v) is 5.70. The minimum Gasteiger partial charge on any atom is -0.351 e. The van der Waals surface area contributed by atoms with Crippen molar-refractivity contribution in [3.8, 4) is 0 Å². The molecule has 0 saturated carbocycles. The Balaban J connectivity index is 2.62. The van der Waals surface area contributed by atoms with Gasteiger partial charge in [0, 0.05) is 23.1 Å². The second-order valence-corrected chi connectivity index (χ2v) is 4.25. The summed E-state index contributed by atoms with van der Waals surface area (Å²) in [5, 5.41) is 6.26. The van der Waals surface area contributed by atoms with Crippen LogP contribution in [0.1, 0.15) is 10.4 Å². The summed E-state index contributed by atoms with van der Waals surface area (Å²) in [7, 11) is 1.84. The van der Waals surface area contributed by atoms with Crippen LogP contribution in [0.3, 0.4) is 0 Å². The Morgan fingerprint density at radius 3 is 2.80 bits per heavy atom. The van der Waals surface area contributed by atoms with Crippen molar-refractivity contribution < 1.29 is 4.79 Å². The Kier molecular flexibility index (Phi) is 5.08. The summed E-state index contributed by atoms with van der Waals surface area (Å²) in [6, 6.07) is 5.13. The van der Waals surface area contributed by atoms with Gasteiger partial charge in [0.15, 0.2) is 0 Å². The highest BCUT2D eigenvalue weighted by molar-refractivity contribution is 9.10. The fourth-order valence-electron chi connectivity index (χ4n) is 1.04. The summed E-state index contributed by atoms with van der Waals surface area (Å²) in [4.78, 5) is 11.6. The van der Waals surface area contributed by atoms with Crippen LogP contribution in [0.2, 0.25) is 5.02 Å². The maximum absolute atomic E-state index is 11.6. The molecule has 1 aromatic carbocycles. The van der Waals surface area contributed by atoms with E-state index in [2.05, 4.69) is 26.6 Å². The lowest BCUT2D eigenvalue weighted by molar-refractivity contribution is 0.0954. The molecule has 0 aromatic heterocycles. The fourth-order valence-corrected chi connectivity index (χ4v) is 1.47. The zero-order chi connectivity index (χ0) is 11.3. The molecule has 0 saturated heterocycles. The molecule has 0 bridgehead atoms. The number of carbonyl (C=O) groups excluding carboxylic acids is 1. The molecule has 1 amide bonds. The predicted octanol–water partition coefficient (Wildman–Crippen LogP) is 2.05. The van der Waals surface area contributed by atoms with Gasteiger partial charge in [-0.15, -0.1) is 0 Å². The maximum atomic E-state index is 11.6. The molecule has 5 heteroatoms. The van der Waals surface area contributed by atoms with Crippen molar-refractivity contribution in [2.24, 2.45) is 0 Å². The number of carbonyl (C=O) groups is 1. The minimum absolute atomic E-state index is 0.111. The van der Waals surface area contributed by atoms with E-state index in [0.29, 0.717) is 17.1 Å². The van der Waals surface area contributed by atoms with Crippen LogP contribution in [0.4, 0.5) is 0 Å². The first kappa shape index (κ1) is 12.5. The van der Waals surface area contributed by atoms with Crippen molar-refractivity contribution >= 4 is 33.4 Å². The van der Waals surface area contributed by atoms with Gasteiger partial charge in [-0.1, -0.05) is 11.6 Å². The van der Waals surface area contributed by atoms with Crippen molar-refractivity contribution in [1.82, 2.24) is 10.6 Å². The zero-order valence-electron chi connectivity index (χ0n) is 8.31. The molecule has 3 nitrogen and oxygen atoms in total. The van der Waals surface area contributed by atoms with E-state index in [-0.39, 0.29) is 5.91 Å². The molecule has 15 heavy (non-hydrogen) atoms. The van der Waals surface area contributed by atoms with E-state index in [1.165, 1.54) is 0 Å². The van der Waals surface area contributed by atoms with Gasteiger partial charge >= 0.3 is 0 Å². The van der Waals surface area contributed by atoms with E-state index >= 15 is 0 Å². The summed E-state index contributed by atoms with van der Waals surface area (Å²) in [6.45, 7) is 1.35. The van der Waals surface area contributed by atoms with Crippen LogP contribution in [0.5, 0.6) is 0 Å². The van der Waals surface area contributed by atoms with Gasteiger partial charge in [-0.2, -0.15) is 0 Å². The first-order valence-electron chi connectivity index (χ1n) is 4.53. The lowest BCUT2D eigenvalue weighted by Gasteiger charge is -2.05. The third kappa shape index (κ3) is 3.81. The summed E-state index contributed by atoms with van der Waals surface area (Å²) >= 11 is 9.15. The van der Waals surface area contributed by atoms with Crippen LogP contribution in [0.25, 0.3) is 0 Å². The summed E-state index contributed by atoms with van der Waals surface area (Å²) < 4.78 is 0.788. The van der Waals surface area contributed by atoms with Crippen LogP contribution in [0, 0.1) is 0 Å². The Bertz CT molecular complexity index is 357. The largest absolute Gasteiger partial charge is 0.351 e. The molecule has 0 heterocycles. The maximum Gasteiger partial charge on any atom is 0.251 e. The Hall–Kier alpha value is -0.580. The molecule has 0 aliphatic rings. The average molecular weight is 292 g/mol. The Morgan fingerprint density at radius 2 is 2.20 bits per heavy atom. The second-order valence-electron chi connectivity index (χ2n) is 2.99. The molecule has 0 fully saturated rings. The number of nitrogens with one attached hydrogen (secondary N) is 2. The predicted molar refractivity (Wildman–Crippen MR) is 65.4 cm³/mol. The van der Waals surface area contributed by atoms with Crippen LogP contribution in [0.15, 0.2) is 22.7 Å². The topological polar surface area (TPSA) is 41.1 Å². The molecule has 0 radical (unpaired) electrons. The number of amides is 1. The molecule has 1 rings (SSSR count). The third-order valence-corrected chi connectivity index (χ3v) is 3.07. The van der Waals surface area contributed by atoms with Gasteiger partial charge in [0.2, 0.25) is 0 Å². The van der Waals surface area contributed by atoms with Gasteiger partial charge in [0.05, 0.1) is 5.02 Å². The molecule has 0 atom stereocenters. The van der Waals surface area contributed by atoms with Crippen molar-refractivity contribution in [3.05, 3.63) is 33.3 Å². The summed E-state index contributed by atoms with van der Waals surface area (Å²) in [5.74, 6) is -0.111. The van der Waals surface area contributed by atoms with Crippen LogP contribution in [-0.2, 0) is 0 Å². The van der Waals surface area contributed by atoms with E-state index < -0.39 is 0 Å². The number of benzene rings is 1. The van der Waals surface area contributed by atoms with E-state index in [1.807, 2.05) is 7.05 Å². The number of hydrogen-bond acceptors (Lipinski definition) is 2. The highest BCUT2D eigenvalue weighted by atomic mass is 79.9. The van der Waals surface area contributed by atoms with Crippen molar-refractivity contribution in [3.63, 3.8) is 0 Å². The van der Waals surface area contributed by atoms with Gasteiger partial charge in [-0.05, 0) is 41.2 Å². The highest BCUT2D eigenvalue weighted by Crippen LogP contribution is 2.22. The second kappa shape index (κ2) is 6.10. The number of likely N-dealkylation sites (N-methyl/N-ethyl adjacent to an activating group) is 1. The molecular formula is C10H12BrClN2O. The van der Waals surface area contributed by atoms with Crippen LogP contribution < -0.4 is 10.6 Å². The Morgan fingerprint density at radius 1 is 1.47 bits per heavy atom. The molecule has 1 aromatic rings. The first-order chi connectivity index (χ1) is 7.15.